The second-order valence-electron chi connectivity index (χ2n) is 6.43. The first-order chi connectivity index (χ1) is 14.6. The topological polar surface area (TPSA) is 96.9 Å². The Morgan fingerprint density at radius 2 is 1.83 bits per heavy atom. The van der Waals surface area contributed by atoms with E-state index in [4.69, 9.17) is 0 Å². The van der Waals surface area contributed by atoms with Crippen molar-refractivity contribution in [3.63, 3.8) is 0 Å². The molecule has 2 N–H and O–H groups in total. The fourth-order valence-corrected chi connectivity index (χ4v) is 3.63. The highest BCUT2D eigenvalue weighted by Gasteiger charge is 2.11. The Morgan fingerprint density at radius 3 is 2.63 bits per heavy atom. The molecule has 4 aromatic rings. The Labute approximate surface area is 176 Å². The molecule has 30 heavy (non-hydrogen) atoms. The molecule has 2 amide bonds. The number of nitrogens with one attached hydrogen (secondary N) is 2. The number of benzene rings is 1. The van der Waals surface area contributed by atoms with Crippen LogP contribution in [-0.2, 0) is 4.79 Å². The van der Waals surface area contributed by atoms with Gasteiger partial charge in [0.1, 0.15) is 10.8 Å². The summed E-state index contributed by atoms with van der Waals surface area (Å²) in [5.41, 5.74) is 3.73. The number of amides is 2. The number of aromatic nitrogens is 3. The second kappa shape index (κ2) is 8.62. The van der Waals surface area contributed by atoms with E-state index in [-0.39, 0.29) is 11.8 Å². The number of carbonyl (C=O) groups is 2. The molecule has 4 rings (SSSR count). The van der Waals surface area contributed by atoms with Crippen molar-refractivity contribution in [3.8, 4) is 21.8 Å². The third-order valence-corrected chi connectivity index (χ3v) is 5.05. The summed E-state index contributed by atoms with van der Waals surface area (Å²) in [6.07, 6.45) is 4.99. The van der Waals surface area contributed by atoms with Gasteiger partial charge in [-0.05, 0) is 36.4 Å². The lowest BCUT2D eigenvalue weighted by atomic mass is 10.1. The molecular weight excluding hydrogens is 398 g/mol. The van der Waals surface area contributed by atoms with Gasteiger partial charge in [-0.15, -0.1) is 11.3 Å². The SMILES string of the molecule is CC(=O)Nc1cc(C(=O)Nc2cccc(-c3csc(-c4cccnc4)n3)c2)ccn1. The number of anilines is 2. The number of hydrogen-bond acceptors (Lipinski definition) is 6. The monoisotopic (exact) mass is 415 g/mol. The van der Waals surface area contributed by atoms with E-state index in [1.165, 1.54) is 19.2 Å². The average molecular weight is 415 g/mol. The number of nitrogens with zero attached hydrogens (tertiary/aromatic N) is 3. The zero-order valence-corrected chi connectivity index (χ0v) is 16.8. The summed E-state index contributed by atoms with van der Waals surface area (Å²) in [7, 11) is 0. The van der Waals surface area contributed by atoms with Crippen LogP contribution in [0.1, 0.15) is 17.3 Å². The van der Waals surface area contributed by atoms with Crippen LogP contribution in [0.4, 0.5) is 11.5 Å². The van der Waals surface area contributed by atoms with Gasteiger partial charge in [-0.25, -0.2) is 9.97 Å². The molecule has 148 valence electrons. The molecule has 3 heterocycles. The highest BCUT2D eigenvalue weighted by molar-refractivity contribution is 7.13. The molecule has 0 spiro atoms. The molecule has 8 heteroatoms. The lowest BCUT2D eigenvalue weighted by molar-refractivity contribution is -0.114. The van der Waals surface area contributed by atoms with E-state index in [0.717, 1.165) is 21.8 Å². The summed E-state index contributed by atoms with van der Waals surface area (Å²) >= 11 is 1.54. The fraction of sp³-hybridized carbons (Fsp3) is 0.0455. The lowest BCUT2D eigenvalue weighted by Gasteiger charge is -2.08. The zero-order valence-electron chi connectivity index (χ0n) is 16.0. The van der Waals surface area contributed by atoms with E-state index in [9.17, 15) is 9.59 Å². The second-order valence-corrected chi connectivity index (χ2v) is 7.28. The van der Waals surface area contributed by atoms with E-state index in [1.54, 1.807) is 29.8 Å². The van der Waals surface area contributed by atoms with Crippen molar-refractivity contribution in [2.45, 2.75) is 6.92 Å². The first-order valence-electron chi connectivity index (χ1n) is 9.10. The summed E-state index contributed by atoms with van der Waals surface area (Å²) in [5.74, 6) is -0.216. The minimum absolute atomic E-state index is 0.248. The average Bonchev–Trinajstić information content (AvgIpc) is 3.25. The Morgan fingerprint density at radius 1 is 0.967 bits per heavy atom. The normalized spacial score (nSPS) is 10.4. The molecule has 7 nitrogen and oxygen atoms in total. The van der Waals surface area contributed by atoms with E-state index in [2.05, 4.69) is 25.6 Å². The third kappa shape index (κ3) is 4.56. The van der Waals surface area contributed by atoms with E-state index in [1.807, 2.05) is 41.8 Å². The van der Waals surface area contributed by atoms with Crippen LogP contribution in [0.3, 0.4) is 0 Å². The smallest absolute Gasteiger partial charge is 0.255 e. The van der Waals surface area contributed by atoms with E-state index in [0.29, 0.717) is 17.1 Å². The number of pyridine rings is 2. The van der Waals surface area contributed by atoms with Gasteiger partial charge in [0, 0.05) is 53.3 Å². The lowest BCUT2D eigenvalue weighted by Crippen LogP contribution is -2.13. The van der Waals surface area contributed by atoms with Crippen LogP contribution in [0.25, 0.3) is 21.8 Å². The first kappa shape index (κ1) is 19.4. The number of carbonyl (C=O) groups excluding carboxylic acids is 2. The van der Waals surface area contributed by atoms with Gasteiger partial charge < -0.3 is 10.6 Å². The molecule has 0 aliphatic rings. The minimum atomic E-state index is -0.296. The Kier molecular flexibility index (Phi) is 5.58. The van der Waals surface area contributed by atoms with Crippen molar-refractivity contribution < 1.29 is 9.59 Å². The molecule has 3 aromatic heterocycles. The number of rotatable bonds is 5. The molecule has 0 aliphatic heterocycles. The molecule has 1 aromatic carbocycles. The van der Waals surface area contributed by atoms with Crippen molar-refractivity contribution >= 4 is 34.7 Å². The first-order valence-corrected chi connectivity index (χ1v) is 9.98. The maximum Gasteiger partial charge on any atom is 0.255 e. The van der Waals surface area contributed by atoms with Crippen molar-refractivity contribution in [1.82, 2.24) is 15.0 Å². The number of thiazole rings is 1. The van der Waals surface area contributed by atoms with E-state index >= 15 is 0 Å². The van der Waals surface area contributed by atoms with Gasteiger partial charge in [0.05, 0.1) is 5.69 Å². The molecule has 0 saturated heterocycles. The molecule has 0 aliphatic carbocycles. The number of hydrogen-bond donors (Lipinski definition) is 2. The van der Waals surface area contributed by atoms with Gasteiger partial charge in [-0.1, -0.05) is 12.1 Å². The maximum atomic E-state index is 12.6. The molecule has 0 saturated carbocycles. The van der Waals surface area contributed by atoms with Crippen LogP contribution < -0.4 is 10.6 Å². The molecule has 0 radical (unpaired) electrons. The largest absolute Gasteiger partial charge is 0.322 e. The van der Waals surface area contributed by atoms with Crippen molar-refractivity contribution in [3.05, 3.63) is 78.1 Å². The Bertz CT molecular complexity index is 1210. The molecular formula is C22H17N5O2S. The molecule has 0 bridgehead atoms. The summed E-state index contributed by atoms with van der Waals surface area (Å²) in [4.78, 5) is 36.7. The predicted octanol–water partition coefficient (Wildman–Crippen LogP) is 4.48. The predicted molar refractivity (Wildman–Crippen MR) is 117 cm³/mol. The third-order valence-electron chi connectivity index (χ3n) is 4.16. The highest BCUT2D eigenvalue weighted by atomic mass is 32.1. The standard InChI is InChI=1S/C22H17N5O2S/c1-14(28)25-20-11-16(7-9-24-20)21(29)26-18-6-2-4-15(10-18)19-13-30-22(27-19)17-5-3-8-23-12-17/h2-13H,1H3,(H,26,29)(H,24,25,28). The van der Waals surface area contributed by atoms with Gasteiger partial charge in [0.25, 0.3) is 5.91 Å². The van der Waals surface area contributed by atoms with Crippen LogP contribution in [0.2, 0.25) is 0 Å². The molecule has 0 atom stereocenters. The van der Waals surface area contributed by atoms with Crippen LogP contribution in [-0.4, -0.2) is 26.8 Å². The summed E-state index contributed by atoms with van der Waals surface area (Å²) in [5, 5.41) is 8.30. The maximum absolute atomic E-state index is 12.6. The summed E-state index contributed by atoms with van der Waals surface area (Å²) in [6, 6.07) is 14.5. The quantitative estimate of drug-likeness (QED) is 0.501. The van der Waals surface area contributed by atoms with Crippen LogP contribution in [0, 0.1) is 0 Å². The van der Waals surface area contributed by atoms with Gasteiger partial charge in [-0.3, -0.25) is 14.6 Å². The van der Waals surface area contributed by atoms with Crippen molar-refractivity contribution in [2.75, 3.05) is 10.6 Å². The van der Waals surface area contributed by atoms with Gasteiger partial charge in [-0.2, -0.15) is 0 Å². The van der Waals surface area contributed by atoms with E-state index < -0.39 is 0 Å². The van der Waals surface area contributed by atoms with Gasteiger partial charge in [0.2, 0.25) is 5.91 Å². The zero-order chi connectivity index (χ0) is 20.9. The Hall–Kier alpha value is -3.91. The molecule has 0 fully saturated rings. The van der Waals surface area contributed by atoms with Gasteiger partial charge in [0.15, 0.2) is 0 Å². The Balaban J connectivity index is 1.52. The van der Waals surface area contributed by atoms with Crippen molar-refractivity contribution in [1.29, 1.82) is 0 Å². The summed E-state index contributed by atoms with van der Waals surface area (Å²) < 4.78 is 0. The molecule has 0 unspecified atom stereocenters. The summed E-state index contributed by atoms with van der Waals surface area (Å²) in [6.45, 7) is 1.39. The van der Waals surface area contributed by atoms with Crippen LogP contribution in [0.15, 0.2) is 72.5 Å². The van der Waals surface area contributed by atoms with Crippen LogP contribution in [0.5, 0.6) is 0 Å². The highest BCUT2D eigenvalue weighted by Crippen LogP contribution is 2.29. The minimum Gasteiger partial charge on any atom is -0.322 e. The van der Waals surface area contributed by atoms with Gasteiger partial charge >= 0.3 is 0 Å². The fourth-order valence-electron chi connectivity index (χ4n) is 2.81. The van der Waals surface area contributed by atoms with Crippen molar-refractivity contribution in [2.24, 2.45) is 0 Å². The van der Waals surface area contributed by atoms with Crippen LogP contribution >= 0.6 is 11.3 Å².